The molecule has 8 heteroatoms. The van der Waals surface area contributed by atoms with Crippen LogP contribution < -0.4 is 4.72 Å². The molecule has 0 saturated carbocycles. The summed E-state index contributed by atoms with van der Waals surface area (Å²) >= 11 is 0. The molecule has 1 atom stereocenters. The zero-order valence-electron chi connectivity index (χ0n) is 9.97. The van der Waals surface area contributed by atoms with E-state index in [1.165, 1.54) is 11.2 Å². The molecule has 0 aliphatic carbocycles. The number of hydrogen-bond donors (Lipinski definition) is 2. The number of nitrogens with one attached hydrogen (secondary N) is 1. The molecule has 17 heavy (non-hydrogen) atoms. The second-order valence-corrected chi connectivity index (χ2v) is 5.78. The molecule has 1 rings (SSSR count). The zero-order chi connectivity index (χ0) is 13.1. The number of morpholine rings is 1. The summed E-state index contributed by atoms with van der Waals surface area (Å²) in [6.07, 6.45) is 0.173. The SMILES string of the molecule is CCC(C)(NS(=O)(=O)N1CCOCC1)C(=O)O. The lowest BCUT2D eigenvalue weighted by atomic mass is 10.0. The molecule has 0 bridgehead atoms. The molecular formula is C9H18N2O5S. The van der Waals surface area contributed by atoms with E-state index in [4.69, 9.17) is 9.84 Å². The van der Waals surface area contributed by atoms with E-state index >= 15 is 0 Å². The van der Waals surface area contributed by atoms with Crippen LogP contribution in [-0.4, -0.2) is 55.6 Å². The van der Waals surface area contributed by atoms with Gasteiger partial charge in [-0.05, 0) is 13.3 Å². The lowest BCUT2D eigenvalue weighted by Gasteiger charge is -2.31. The smallest absolute Gasteiger partial charge is 0.324 e. The third-order valence-corrected chi connectivity index (χ3v) is 4.60. The van der Waals surface area contributed by atoms with Crippen LogP contribution in [0.5, 0.6) is 0 Å². The van der Waals surface area contributed by atoms with Crippen molar-refractivity contribution >= 4 is 16.2 Å². The summed E-state index contributed by atoms with van der Waals surface area (Å²) in [6, 6.07) is 0. The van der Waals surface area contributed by atoms with Gasteiger partial charge in [-0.1, -0.05) is 6.92 Å². The van der Waals surface area contributed by atoms with Gasteiger partial charge >= 0.3 is 5.97 Å². The quantitative estimate of drug-likeness (QED) is 0.693. The van der Waals surface area contributed by atoms with E-state index in [0.717, 1.165) is 0 Å². The predicted octanol–water partition coefficient (Wildman–Crippen LogP) is -0.594. The van der Waals surface area contributed by atoms with Crippen LogP contribution in [-0.2, 0) is 19.7 Å². The summed E-state index contributed by atoms with van der Waals surface area (Å²) in [6.45, 7) is 4.13. The van der Waals surface area contributed by atoms with Gasteiger partial charge in [0.2, 0.25) is 0 Å². The van der Waals surface area contributed by atoms with Crippen molar-refractivity contribution in [2.45, 2.75) is 25.8 Å². The number of aliphatic carboxylic acids is 1. The Kier molecular flexibility index (Phi) is 4.48. The molecule has 0 aromatic carbocycles. The van der Waals surface area contributed by atoms with Crippen LogP contribution in [0.15, 0.2) is 0 Å². The summed E-state index contributed by atoms with van der Waals surface area (Å²) in [5.41, 5.74) is -1.48. The average molecular weight is 266 g/mol. The van der Waals surface area contributed by atoms with Gasteiger partial charge in [0.25, 0.3) is 10.2 Å². The van der Waals surface area contributed by atoms with Crippen LogP contribution >= 0.6 is 0 Å². The number of carboxylic acid groups (broad SMARTS) is 1. The number of rotatable bonds is 5. The molecule has 7 nitrogen and oxygen atoms in total. The Hall–Kier alpha value is -0.700. The Morgan fingerprint density at radius 2 is 2.00 bits per heavy atom. The van der Waals surface area contributed by atoms with E-state index in [0.29, 0.717) is 13.2 Å². The summed E-state index contributed by atoms with van der Waals surface area (Å²) in [4.78, 5) is 11.0. The van der Waals surface area contributed by atoms with E-state index in [1.807, 2.05) is 0 Å². The molecular weight excluding hydrogens is 248 g/mol. The third-order valence-electron chi connectivity index (χ3n) is 2.84. The Balaban J connectivity index is 2.80. The van der Waals surface area contributed by atoms with Crippen molar-refractivity contribution in [2.24, 2.45) is 0 Å². The normalized spacial score (nSPS) is 22.0. The fourth-order valence-electron chi connectivity index (χ4n) is 1.40. The van der Waals surface area contributed by atoms with Crippen LogP contribution in [0.3, 0.4) is 0 Å². The van der Waals surface area contributed by atoms with Crippen molar-refractivity contribution < 1.29 is 23.1 Å². The van der Waals surface area contributed by atoms with Crippen molar-refractivity contribution in [3.63, 3.8) is 0 Å². The van der Waals surface area contributed by atoms with E-state index < -0.39 is 21.7 Å². The van der Waals surface area contributed by atoms with Gasteiger partial charge in [0.1, 0.15) is 5.54 Å². The molecule has 0 aromatic heterocycles. The highest BCUT2D eigenvalue weighted by atomic mass is 32.2. The van der Waals surface area contributed by atoms with Gasteiger partial charge in [0.15, 0.2) is 0 Å². The first-order chi connectivity index (χ1) is 7.82. The zero-order valence-corrected chi connectivity index (χ0v) is 10.8. The first kappa shape index (κ1) is 14.4. The Morgan fingerprint density at radius 3 is 2.41 bits per heavy atom. The Labute approximate surface area is 101 Å². The molecule has 1 aliphatic rings. The minimum Gasteiger partial charge on any atom is -0.480 e. The molecule has 1 heterocycles. The van der Waals surface area contributed by atoms with Crippen LogP contribution in [0.4, 0.5) is 0 Å². The van der Waals surface area contributed by atoms with Crippen LogP contribution in [0.1, 0.15) is 20.3 Å². The Morgan fingerprint density at radius 1 is 1.47 bits per heavy atom. The molecule has 1 aliphatic heterocycles. The number of carbonyl (C=O) groups is 1. The standard InChI is InChI=1S/C9H18N2O5S/c1-3-9(2,8(12)13)10-17(14,15)11-4-6-16-7-5-11/h10H,3-7H2,1-2H3,(H,12,13). The maximum absolute atomic E-state index is 12.0. The monoisotopic (exact) mass is 266 g/mol. The van der Waals surface area contributed by atoms with E-state index in [-0.39, 0.29) is 19.5 Å². The van der Waals surface area contributed by atoms with Crippen LogP contribution in [0.25, 0.3) is 0 Å². The second kappa shape index (κ2) is 5.30. The number of nitrogens with zero attached hydrogens (tertiary/aromatic N) is 1. The molecule has 0 spiro atoms. The molecule has 0 aromatic rings. The lowest BCUT2D eigenvalue weighted by molar-refractivity contribution is -0.143. The number of ether oxygens (including phenoxy) is 1. The highest BCUT2D eigenvalue weighted by molar-refractivity contribution is 7.87. The molecule has 2 N–H and O–H groups in total. The molecule has 0 amide bonds. The number of carboxylic acids is 1. The topological polar surface area (TPSA) is 95.9 Å². The maximum Gasteiger partial charge on any atom is 0.324 e. The van der Waals surface area contributed by atoms with Crippen molar-refractivity contribution in [3.05, 3.63) is 0 Å². The second-order valence-electron chi connectivity index (χ2n) is 4.11. The van der Waals surface area contributed by atoms with Gasteiger partial charge in [-0.15, -0.1) is 0 Å². The number of hydrogen-bond acceptors (Lipinski definition) is 4. The fraction of sp³-hybridized carbons (Fsp3) is 0.889. The third kappa shape index (κ3) is 3.38. The van der Waals surface area contributed by atoms with Crippen molar-refractivity contribution in [3.8, 4) is 0 Å². The largest absolute Gasteiger partial charge is 0.480 e. The van der Waals surface area contributed by atoms with Gasteiger partial charge in [0.05, 0.1) is 13.2 Å². The van der Waals surface area contributed by atoms with Gasteiger partial charge in [-0.25, -0.2) is 0 Å². The van der Waals surface area contributed by atoms with E-state index in [9.17, 15) is 13.2 Å². The van der Waals surface area contributed by atoms with Gasteiger partial charge in [0, 0.05) is 13.1 Å². The summed E-state index contributed by atoms with van der Waals surface area (Å²) in [5, 5.41) is 9.02. The van der Waals surface area contributed by atoms with Crippen molar-refractivity contribution in [2.75, 3.05) is 26.3 Å². The minimum atomic E-state index is -3.78. The molecule has 0 radical (unpaired) electrons. The highest BCUT2D eigenvalue weighted by Crippen LogP contribution is 2.13. The van der Waals surface area contributed by atoms with E-state index in [1.54, 1.807) is 6.92 Å². The lowest BCUT2D eigenvalue weighted by Crippen LogP contribution is -2.57. The van der Waals surface area contributed by atoms with Gasteiger partial charge < -0.3 is 9.84 Å². The molecule has 100 valence electrons. The van der Waals surface area contributed by atoms with Crippen molar-refractivity contribution in [1.29, 1.82) is 0 Å². The van der Waals surface area contributed by atoms with Gasteiger partial charge in [-0.3, -0.25) is 4.79 Å². The Bertz CT molecular complexity index is 377. The predicted molar refractivity (Wildman–Crippen MR) is 60.8 cm³/mol. The average Bonchev–Trinajstić information content (AvgIpc) is 2.29. The maximum atomic E-state index is 12.0. The molecule has 1 unspecified atom stereocenters. The molecule has 1 saturated heterocycles. The van der Waals surface area contributed by atoms with Crippen LogP contribution in [0, 0.1) is 0 Å². The minimum absolute atomic E-state index is 0.173. The van der Waals surface area contributed by atoms with Crippen molar-refractivity contribution in [1.82, 2.24) is 9.03 Å². The van der Waals surface area contributed by atoms with Gasteiger partial charge in [-0.2, -0.15) is 17.4 Å². The highest BCUT2D eigenvalue weighted by Gasteiger charge is 2.38. The summed E-state index contributed by atoms with van der Waals surface area (Å²) < 4.78 is 32.4. The first-order valence-corrected chi connectivity index (χ1v) is 6.86. The summed E-state index contributed by atoms with van der Waals surface area (Å²) in [5.74, 6) is -1.18. The summed E-state index contributed by atoms with van der Waals surface area (Å²) in [7, 11) is -3.78. The van der Waals surface area contributed by atoms with E-state index in [2.05, 4.69) is 4.72 Å². The van der Waals surface area contributed by atoms with Crippen LogP contribution in [0.2, 0.25) is 0 Å². The fourth-order valence-corrected chi connectivity index (χ4v) is 2.96. The molecule has 1 fully saturated rings. The first-order valence-electron chi connectivity index (χ1n) is 5.42.